The van der Waals surface area contributed by atoms with Gasteiger partial charge in [-0.05, 0) is 12.1 Å². The van der Waals surface area contributed by atoms with Gasteiger partial charge in [0.25, 0.3) is 0 Å². The number of aliphatic hydroxyl groups excluding tert-OH is 1. The molecule has 0 spiro atoms. The monoisotopic (exact) mass is 224 g/mol. The topological polar surface area (TPSA) is 77.1 Å². The maximum atomic E-state index is 8.55. The molecule has 0 bridgehead atoms. The zero-order chi connectivity index (χ0) is 11.8. The van der Waals surface area contributed by atoms with E-state index in [2.05, 4.69) is 5.16 Å². The molecule has 88 valence electrons. The van der Waals surface area contributed by atoms with Gasteiger partial charge in [0.1, 0.15) is 12.4 Å². The number of amidine groups is 1. The average Bonchev–Trinajstić information content (AvgIpc) is 2.34. The molecule has 0 unspecified atom stereocenters. The second-order valence-corrected chi connectivity index (χ2v) is 3.09. The van der Waals surface area contributed by atoms with Crippen LogP contribution in [0.2, 0.25) is 0 Å². The summed E-state index contributed by atoms with van der Waals surface area (Å²) in [6, 6.07) is 7.29. The van der Waals surface area contributed by atoms with E-state index in [1.165, 1.54) is 0 Å². The molecule has 0 aliphatic carbocycles. The van der Waals surface area contributed by atoms with Crippen LogP contribution in [0.3, 0.4) is 0 Å². The highest BCUT2D eigenvalue weighted by Gasteiger charge is 2.05. The molecule has 5 heteroatoms. The first kappa shape index (κ1) is 12.3. The van der Waals surface area contributed by atoms with Gasteiger partial charge in [0.05, 0.1) is 12.7 Å². The fourth-order valence-corrected chi connectivity index (χ4v) is 1.15. The van der Waals surface area contributed by atoms with Crippen molar-refractivity contribution in [3.05, 3.63) is 29.8 Å². The van der Waals surface area contributed by atoms with Gasteiger partial charge in [-0.3, -0.25) is 0 Å². The molecule has 5 nitrogen and oxygen atoms in total. The first-order chi connectivity index (χ1) is 7.79. The first-order valence-electron chi connectivity index (χ1n) is 4.99. The Bertz CT molecular complexity index is 353. The first-order valence-corrected chi connectivity index (χ1v) is 4.99. The number of oxime groups is 1. The standard InChI is InChI=1S/C11H16N2O3/c1-15-10-6-3-2-5-9(10)11(12)13-16-8-4-7-14/h2-3,5-6,14H,4,7-8H2,1H3,(H2,12,13). The molecule has 16 heavy (non-hydrogen) atoms. The number of rotatable bonds is 6. The molecule has 0 aliphatic rings. The minimum Gasteiger partial charge on any atom is -0.496 e. The predicted octanol–water partition coefficient (Wildman–Crippen LogP) is 0.715. The molecule has 3 N–H and O–H groups in total. The Labute approximate surface area is 94.5 Å². The van der Waals surface area contributed by atoms with Crippen LogP contribution in [0.25, 0.3) is 0 Å². The Morgan fingerprint density at radius 1 is 1.44 bits per heavy atom. The highest BCUT2D eigenvalue weighted by Crippen LogP contribution is 2.16. The summed E-state index contributed by atoms with van der Waals surface area (Å²) >= 11 is 0. The minimum absolute atomic E-state index is 0.0735. The zero-order valence-electron chi connectivity index (χ0n) is 9.22. The van der Waals surface area contributed by atoms with Gasteiger partial charge in [-0.25, -0.2) is 0 Å². The third-order valence-corrected chi connectivity index (χ3v) is 1.94. The number of nitrogens with zero attached hydrogens (tertiary/aromatic N) is 1. The van der Waals surface area contributed by atoms with E-state index in [0.29, 0.717) is 24.3 Å². The van der Waals surface area contributed by atoms with Crippen molar-refractivity contribution in [1.29, 1.82) is 0 Å². The largest absolute Gasteiger partial charge is 0.496 e. The van der Waals surface area contributed by atoms with Crippen molar-refractivity contribution in [2.45, 2.75) is 6.42 Å². The number of ether oxygens (including phenoxy) is 1. The number of methoxy groups -OCH3 is 1. The summed E-state index contributed by atoms with van der Waals surface area (Å²) in [6.45, 7) is 0.413. The molecular weight excluding hydrogens is 208 g/mol. The number of benzene rings is 1. The fourth-order valence-electron chi connectivity index (χ4n) is 1.15. The van der Waals surface area contributed by atoms with Gasteiger partial charge < -0.3 is 20.4 Å². The minimum atomic E-state index is 0.0735. The molecule has 0 atom stereocenters. The van der Waals surface area contributed by atoms with Gasteiger partial charge in [0.15, 0.2) is 5.84 Å². The van der Waals surface area contributed by atoms with Gasteiger partial charge in [-0.2, -0.15) is 0 Å². The van der Waals surface area contributed by atoms with Crippen molar-refractivity contribution in [1.82, 2.24) is 0 Å². The molecular formula is C11H16N2O3. The smallest absolute Gasteiger partial charge is 0.174 e. The lowest BCUT2D eigenvalue weighted by molar-refractivity contribution is 0.124. The maximum absolute atomic E-state index is 8.55. The summed E-state index contributed by atoms with van der Waals surface area (Å²) in [6.07, 6.45) is 0.530. The van der Waals surface area contributed by atoms with Crippen LogP contribution in [0.1, 0.15) is 12.0 Å². The van der Waals surface area contributed by atoms with Gasteiger partial charge in [-0.15, -0.1) is 0 Å². The molecule has 0 amide bonds. The van der Waals surface area contributed by atoms with E-state index >= 15 is 0 Å². The average molecular weight is 224 g/mol. The quantitative estimate of drug-likeness (QED) is 0.323. The lowest BCUT2D eigenvalue weighted by Crippen LogP contribution is -2.15. The van der Waals surface area contributed by atoms with Crippen molar-refractivity contribution in [3.8, 4) is 5.75 Å². The lowest BCUT2D eigenvalue weighted by atomic mass is 10.2. The SMILES string of the molecule is COc1ccccc1/C(N)=N/OCCCO. The molecule has 1 aromatic rings. The van der Waals surface area contributed by atoms with E-state index in [9.17, 15) is 0 Å². The molecule has 0 saturated carbocycles. The number of para-hydroxylation sites is 1. The second kappa shape index (κ2) is 6.68. The van der Waals surface area contributed by atoms with E-state index < -0.39 is 0 Å². The van der Waals surface area contributed by atoms with Crippen LogP contribution in [0.15, 0.2) is 29.4 Å². The molecule has 0 radical (unpaired) electrons. The number of hydrogen-bond acceptors (Lipinski definition) is 4. The van der Waals surface area contributed by atoms with E-state index in [4.69, 9.17) is 20.4 Å². The molecule has 1 rings (SSSR count). The molecule has 1 aromatic carbocycles. The van der Waals surface area contributed by atoms with Crippen molar-refractivity contribution < 1.29 is 14.7 Å². The van der Waals surface area contributed by atoms with Gasteiger partial charge in [-0.1, -0.05) is 17.3 Å². The normalized spacial score (nSPS) is 11.2. The van der Waals surface area contributed by atoms with Crippen LogP contribution in [0.5, 0.6) is 5.75 Å². The third kappa shape index (κ3) is 3.43. The van der Waals surface area contributed by atoms with E-state index in [1.54, 1.807) is 19.2 Å². The van der Waals surface area contributed by atoms with Gasteiger partial charge in [0.2, 0.25) is 0 Å². The van der Waals surface area contributed by atoms with E-state index in [1.807, 2.05) is 12.1 Å². The van der Waals surface area contributed by atoms with Crippen LogP contribution in [0, 0.1) is 0 Å². The Morgan fingerprint density at radius 2 is 2.19 bits per heavy atom. The van der Waals surface area contributed by atoms with Crippen molar-refractivity contribution in [2.75, 3.05) is 20.3 Å². The summed E-state index contributed by atoms with van der Waals surface area (Å²) < 4.78 is 5.14. The van der Waals surface area contributed by atoms with Crippen LogP contribution in [-0.2, 0) is 4.84 Å². The van der Waals surface area contributed by atoms with Gasteiger partial charge >= 0.3 is 0 Å². The summed E-state index contributed by atoms with van der Waals surface area (Å²) in [7, 11) is 1.57. The maximum Gasteiger partial charge on any atom is 0.174 e. The molecule has 0 heterocycles. The number of nitrogens with two attached hydrogens (primary N) is 1. The van der Waals surface area contributed by atoms with Crippen molar-refractivity contribution >= 4 is 5.84 Å². The van der Waals surface area contributed by atoms with Crippen LogP contribution >= 0.6 is 0 Å². The van der Waals surface area contributed by atoms with E-state index in [-0.39, 0.29) is 12.4 Å². The molecule has 0 aromatic heterocycles. The molecule has 0 fully saturated rings. The lowest BCUT2D eigenvalue weighted by Gasteiger charge is -2.06. The van der Waals surface area contributed by atoms with Gasteiger partial charge in [0, 0.05) is 13.0 Å². The Morgan fingerprint density at radius 3 is 2.88 bits per heavy atom. The zero-order valence-corrected chi connectivity index (χ0v) is 9.22. The molecule has 0 aliphatic heterocycles. The number of hydrogen-bond donors (Lipinski definition) is 2. The summed E-state index contributed by atoms with van der Waals surface area (Å²) in [5.74, 6) is 0.907. The van der Waals surface area contributed by atoms with Crippen molar-refractivity contribution in [2.24, 2.45) is 10.9 Å². The Hall–Kier alpha value is -1.75. The molecule has 0 saturated heterocycles. The fraction of sp³-hybridized carbons (Fsp3) is 0.364. The predicted molar refractivity (Wildman–Crippen MR) is 61.4 cm³/mol. The van der Waals surface area contributed by atoms with E-state index in [0.717, 1.165) is 0 Å². The summed E-state index contributed by atoms with van der Waals surface area (Å²) in [5.41, 5.74) is 6.43. The van der Waals surface area contributed by atoms with Crippen molar-refractivity contribution in [3.63, 3.8) is 0 Å². The highest BCUT2D eigenvalue weighted by atomic mass is 16.6. The Balaban J connectivity index is 2.67. The summed E-state index contributed by atoms with van der Waals surface area (Å²) in [4.78, 5) is 4.94. The highest BCUT2D eigenvalue weighted by molar-refractivity contribution is 5.99. The van der Waals surface area contributed by atoms with Crippen LogP contribution < -0.4 is 10.5 Å². The second-order valence-electron chi connectivity index (χ2n) is 3.09. The summed E-state index contributed by atoms with van der Waals surface area (Å²) in [5, 5.41) is 12.3. The Kier molecular flexibility index (Phi) is 5.15. The van der Waals surface area contributed by atoms with Crippen LogP contribution in [-0.4, -0.2) is 31.3 Å². The third-order valence-electron chi connectivity index (χ3n) is 1.94. The number of aliphatic hydroxyl groups is 1. The van der Waals surface area contributed by atoms with Crippen LogP contribution in [0.4, 0.5) is 0 Å².